The largest absolute Gasteiger partial charge is 0.466 e. The van der Waals surface area contributed by atoms with Crippen LogP contribution in [0.4, 0.5) is 0 Å². The van der Waals surface area contributed by atoms with Crippen LogP contribution in [0.25, 0.3) is 0 Å². The van der Waals surface area contributed by atoms with E-state index in [1.807, 2.05) is 25.1 Å². The van der Waals surface area contributed by atoms with Gasteiger partial charge in [-0.1, -0.05) is 29.4 Å². The number of benzene rings is 1. The van der Waals surface area contributed by atoms with E-state index in [0.717, 1.165) is 16.8 Å². The van der Waals surface area contributed by atoms with E-state index >= 15 is 0 Å². The molecule has 0 unspecified atom stereocenters. The van der Waals surface area contributed by atoms with Gasteiger partial charge in [0, 0.05) is 38.4 Å². The standard InChI is InChI=1S/C21H28N2O4/c1-4-26-20(25)21(9-11-23(12-10-21)16(3)24)14-17-13-19(22-27-17)18-8-6-5-7-15(18)2/h5-8,17H,4,9-14H2,1-3H3/t17-/m0/s1. The second-order valence-corrected chi connectivity index (χ2v) is 7.50. The van der Waals surface area contributed by atoms with Crippen LogP contribution in [0.15, 0.2) is 29.4 Å². The molecule has 6 heteroatoms. The summed E-state index contributed by atoms with van der Waals surface area (Å²) in [5, 5.41) is 4.29. The number of carbonyl (C=O) groups is 2. The summed E-state index contributed by atoms with van der Waals surface area (Å²) < 4.78 is 5.39. The molecule has 0 bridgehead atoms. The first-order chi connectivity index (χ1) is 12.9. The number of likely N-dealkylation sites (tertiary alicyclic amines) is 1. The molecule has 0 spiro atoms. The highest BCUT2D eigenvalue weighted by Gasteiger charge is 2.46. The molecule has 6 nitrogen and oxygen atoms in total. The first kappa shape index (κ1) is 19.4. The molecule has 0 aromatic heterocycles. The van der Waals surface area contributed by atoms with Crippen LogP contribution in [0.2, 0.25) is 0 Å². The number of esters is 1. The van der Waals surface area contributed by atoms with Crippen molar-refractivity contribution in [3.63, 3.8) is 0 Å². The van der Waals surface area contributed by atoms with Crippen molar-refractivity contribution in [3.05, 3.63) is 35.4 Å². The van der Waals surface area contributed by atoms with Gasteiger partial charge in [-0.2, -0.15) is 0 Å². The van der Waals surface area contributed by atoms with E-state index in [2.05, 4.69) is 18.1 Å². The molecule has 0 saturated carbocycles. The lowest BCUT2D eigenvalue weighted by molar-refractivity contribution is -0.163. The van der Waals surface area contributed by atoms with E-state index in [1.165, 1.54) is 0 Å². The smallest absolute Gasteiger partial charge is 0.312 e. The molecule has 0 N–H and O–H groups in total. The Kier molecular flexibility index (Phi) is 5.82. The van der Waals surface area contributed by atoms with Gasteiger partial charge in [0.05, 0.1) is 17.7 Å². The lowest BCUT2D eigenvalue weighted by atomic mass is 9.73. The third-order valence-corrected chi connectivity index (χ3v) is 5.68. The maximum absolute atomic E-state index is 12.8. The molecule has 0 radical (unpaired) electrons. The van der Waals surface area contributed by atoms with E-state index < -0.39 is 5.41 Å². The van der Waals surface area contributed by atoms with Crippen LogP contribution in [0.5, 0.6) is 0 Å². The number of ether oxygens (including phenoxy) is 1. The number of hydrogen-bond acceptors (Lipinski definition) is 5. The third kappa shape index (κ3) is 4.15. The summed E-state index contributed by atoms with van der Waals surface area (Å²) in [4.78, 5) is 31.9. The summed E-state index contributed by atoms with van der Waals surface area (Å²) in [6, 6.07) is 8.11. The summed E-state index contributed by atoms with van der Waals surface area (Å²) in [5.74, 6) is -0.129. The molecule has 1 aromatic carbocycles. The van der Waals surface area contributed by atoms with Crippen molar-refractivity contribution in [1.82, 2.24) is 4.90 Å². The summed E-state index contributed by atoms with van der Waals surface area (Å²) in [7, 11) is 0. The number of hydrogen-bond donors (Lipinski definition) is 0. The number of amides is 1. The molecule has 0 aliphatic carbocycles. The Balaban J connectivity index is 1.70. The number of oxime groups is 1. The molecule has 1 saturated heterocycles. The molecular formula is C21H28N2O4. The van der Waals surface area contributed by atoms with Crippen LogP contribution in [0.1, 0.15) is 50.7 Å². The Morgan fingerprint density at radius 3 is 2.63 bits per heavy atom. The van der Waals surface area contributed by atoms with Crippen LogP contribution in [0.3, 0.4) is 0 Å². The van der Waals surface area contributed by atoms with Crippen molar-refractivity contribution < 1.29 is 19.2 Å². The molecule has 1 aromatic rings. The average Bonchev–Trinajstić information content (AvgIpc) is 3.10. The minimum atomic E-state index is -0.608. The van der Waals surface area contributed by atoms with E-state index in [4.69, 9.17) is 9.57 Å². The topological polar surface area (TPSA) is 68.2 Å². The lowest BCUT2D eigenvalue weighted by Crippen LogP contribution is -2.48. The van der Waals surface area contributed by atoms with Crippen molar-refractivity contribution in [2.45, 2.75) is 52.6 Å². The monoisotopic (exact) mass is 372 g/mol. The zero-order valence-electron chi connectivity index (χ0n) is 16.4. The maximum Gasteiger partial charge on any atom is 0.312 e. The minimum absolute atomic E-state index is 0.0507. The number of aryl methyl sites for hydroxylation is 1. The first-order valence-electron chi connectivity index (χ1n) is 9.66. The highest BCUT2D eigenvalue weighted by atomic mass is 16.6. The summed E-state index contributed by atoms with van der Waals surface area (Å²) >= 11 is 0. The van der Waals surface area contributed by atoms with Crippen LogP contribution < -0.4 is 0 Å². The first-order valence-corrected chi connectivity index (χ1v) is 9.66. The molecule has 146 valence electrons. The number of nitrogens with zero attached hydrogens (tertiary/aromatic N) is 2. The van der Waals surface area contributed by atoms with E-state index in [9.17, 15) is 9.59 Å². The van der Waals surface area contributed by atoms with E-state index in [1.54, 1.807) is 11.8 Å². The Morgan fingerprint density at radius 2 is 2.00 bits per heavy atom. The number of piperidine rings is 1. The summed E-state index contributed by atoms with van der Waals surface area (Å²) in [6.45, 7) is 6.95. The second kappa shape index (κ2) is 8.11. The highest BCUT2D eigenvalue weighted by Crippen LogP contribution is 2.40. The Morgan fingerprint density at radius 1 is 1.30 bits per heavy atom. The summed E-state index contributed by atoms with van der Waals surface area (Å²) in [6.07, 6.45) is 2.31. The van der Waals surface area contributed by atoms with Crippen molar-refractivity contribution >= 4 is 17.6 Å². The minimum Gasteiger partial charge on any atom is -0.466 e. The fraction of sp³-hybridized carbons (Fsp3) is 0.571. The van der Waals surface area contributed by atoms with Crippen LogP contribution in [-0.2, 0) is 19.2 Å². The number of carbonyl (C=O) groups excluding carboxylic acids is 2. The van der Waals surface area contributed by atoms with Gasteiger partial charge in [-0.3, -0.25) is 9.59 Å². The van der Waals surface area contributed by atoms with Crippen LogP contribution in [-0.4, -0.2) is 48.3 Å². The normalized spacial score (nSPS) is 21.4. The zero-order valence-corrected chi connectivity index (χ0v) is 16.4. The van der Waals surface area contributed by atoms with Gasteiger partial charge in [-0.25, -0.2) is 0 Å². The number of rotatable bonds is 5. The van der Waals surface area contributed by atoms with Gasteiger partial charge in [0.25, 0.3) is 0 Å². The highest BCUT2D eigenvalue weighted by molar-refractivity contribution is 6.02. The Labute approximate surface area is 160 Å². The van der Waals surface area contributed by atoms with Gasteiger partial charge >= 0.3 is 5.97 Å². The van der Waals surface area contributed by atoms with Crippen LogP contribution >= 0.6 is 0 Å². The molecule has 27 heavy (non-hydrogen) atoms. The van der Waals surface area contributed by atoms with Gasteiger partial charge in [0.15, 0.2) is 0 Å². The predicted octanol–water partition coefficient (Wildman–Crippen LogP) is 3.07. The van der Waals surface area contributed by atoms with Gasteiger partial charge in [-0.05, 0) is 32.3 Å². The molecular weight excluding hydrogens is 344 g/mol. The lowest BCUT2D eigenvalue weighted by Gasteiger charge is -2.40. The van der Waals surface area contributed by atoms with Gasteiger partial charge < -0.3 is 14.5 Å². The molecule has 1 atom stereocenters. The third-order valence-electron chi connectivity index (χ3n) is 5.68. The van der Waals surface area contributed by atoms with Gasteiger partial charge in [-0.15, -0.1) is 0 Å². The molecule has 2 aliphatic heterocycles. The Bertz CT molecular complexity index is 735. The quantitative estimate of drug-likeness (QED) is 0.745. The molecule has 3 rings (SSSR count). The summed E-state index contributed by atoms with van der Waals surface area (Å²) in [5.41, 5.74) is 2.58. The molecule has 2 aliphatic rings. The van der Waals surface area contributed by atoms with Crippen molar-refractivity contribution in [1.29, 1.82) is 0 Å². The fourth-order valence-electron chi connectivity index (χ4n) is 4.05. The predicted molar refractivity (Wildman–Crippen MR) is 102 cm³/mol. The SMILES string of the molecule is CCOC(=O)C1(C[C@@H]2CC(c3ccccc3C)=NO2)CCN(C(C)=O)CC1. The van der Waals surface area contributed by atoms with Crippen LogP contribution in [0, 0.1) is 12.3 Å². The molecule has 1 amide bonds. The zero-order chi connectivity index (χ0) is 19.4. The van der Waals surface area contributed by atoms with E-state index in [0.29, 0.717) is 45.4 Å². The Hall–Kier alpha value is -2.37. The van der Waals surface area contributed by atoms with Crippen molar-refractivity contribution in [2.24, 2.45) is 10.6 Å². The van der Waals surface area contributed by atoms with Crippen molar-refractivity contribution in [3.8, 4) is 0 Å². The molecule has 1 fully saturated rings. The van der Waals surface area contributed by atoms with E-state index in [-0.39, 0.29) is 18.0 Å². The molecule has 2 heterocycles. The maximum atomic E-state index is 12.8. The fourth-order valence-corrected chi connectivity index (χ4v) is 4.05. The second-order valence-electron chi connectivity index (χ2n) is 7.50. The van der Waals surface area contributed by atoms with Gasteiger partial charge in [0.2, 0.25) is 5.91 Å². The van der Waals surface area contributed by atoms with Gasteiger partial charge in [0.1, 0.15) is 6.10 Å². The van der Waals surface area contributed by atoms with Crippen molar-refractivity contribution in [2.75, 3.05) is 19.7 Å². The average molecular weight is 372 g/mol.